The van der Waals surface area contributed by atoms with Crippen molar-refractivity contribution < 1.29 is 14.3 Å². The molecule has 0 aliphatic rings. The van der Waals surface area contributed by atoms with Gasteiger partial charge in [-0.1, -0.05) is 57.0 Å². The number of hydrogen-bond donors (Lipinski definition) is 1. The summed E-state index contributed by atoms with van der Waals surface area (Å²) < 4.78 is 10.4. The second kappa shape index (κ2) is 14.0. The van der Waals surface area contributed by atoms with E-state index >= 15 is 0 Å². The Kier molecular flexibility index (Phi) is 11.3. The highest BCUT2D eigenvalue weighted by Crippen LogP contribution is 2.25. The molecule has 0 bridgehead atoms. The molecule has 6 nitrogen and oxygen atoms in total. The van der Waals surface area contributed by atoms with Crippen LogP contribution < -0.4 is 10.2 Å². The number of ether oxygens (including phenoxy) is 2. The van der Waals surface area contributed by atoms with Gasteiger partial charge in [0.1, 0.15) is 5.75 Å². The van der Waals surface area contributed by atoms with Crippen molar-refractivity contribution in [3.05, 3.63) is 39.9 Å². The molecule has 1 heterocycles. The lowest BCUT2D eigenvalue weighted by atomic mass is 10.1. The van der Waals surface area contributed by atoms with Gasteiger partial charge in [0, 0.05) is 5.38 Å². The number of anilines is 1. The van der Waals surface area contributed by atoms with E-state index in [9.17, 15) is 4.79 Å². The molecule has 0 amide bonds. The average molecular weight is 452 g/mol. The van der Waals surface area contributed by atoms with E-state index in [0.717, 1.165) is 12.0 Å². The van der Waals surface area contributed by atoms with E-state index in [4.69, 9.17) is 16.3 Å². The van der Waals surface area contributed by atoms with Gasteiger partial charge in [0.15, 0.2) is 0 Å². The van der Waals surface area contributed by atoms with Crippen LogP contribution in [0.5, 0.6) is 5.75 Å². The molecule has 0 aliphatic carbocycles. The maximum absolute atomic E-state index is 11.3. The monoisotopic (exact) mass is 451 g/mol. The summed E-state index contributed by atoms with van der Waals surface area (Å²) in [6, 6.07) is 5.59. The van der Waals surface area contributed by atoms with Crippen LogP contribution in [0.25, 0.3) is 0 Å². The van der Waals surface area contributed by atoms with Crippen molar-refractivity contribution in [2.45, 2.75) is 58.3 Å². The lowest BCUT2D eigenvalue weighted by Gasteiger charge is -2.08. The molecule has 0 saturated heterocycles. The van der Waals surface area contributed by atoms with E-state index in [2.05, 4.69) is 27.2 Å². The standard InChI is InChI=1S/C22H30ClN3O3S/c1-3-4-5-6-7-8-9-12-29-20-11-10-17(13-19(20)23)15-24-26-22-25-18(16-30-22)14-21(27)28-2/h10-11,13,15-16H,3-9,12,14H2,1-2H3,(H,25,26)/b24-15-. The zero-order valence-electron chi connectivity index (χ0n) is 17.7. The van der Waals surface area contributed by atoms with Crippen LogP contribution >= 0.6 is 22.9 Å². The van der Waals surface area contributed by atoms with Crippen LogP contribution in [0.2, 0.25) is 5.02 Å². The van der Waals surface area contributed by atoms with Gasteiger partial charge in [0.05, 0.1) is 37.1 Å². The molecule has 2 rings (SSSR count). The number of thiazole rings is 1. The van der Waals surface area contributed by atoms with Crippen LogP contribution in [-0.4, -0.2) is 30.9 Å². The highest BCUT2D eigenvalue weighted by Gasteiger charge is 2.07. The number of halogens is 1. The number of nitrogens with zero attached hydrogens (tertiary/aromatic N) is 2. The Bertz CT molecular complexity index is 811. The van der Waals surface area contributed by atoms with Crippen molar-refractivity contribution in [2.75, 3.05) is 19.1 Å². The molecule has 30 heavy (non-hydrogen) atoms. The molecule has 0 aliphatic heterocycles. The number of unbranched alkanes of at least 4 members (excludes halogenated alkanes) is 6. The normalized spacial score (nSPS) is 11.0. The predicted molar refractivity (Wildman–Crippen MR) is 124 cm³/mol. The number of methoxy groups -OCH3 is 1. The average Bonchev–Trinajstić information content (AvgIpc) is 3.18. The van der Waals surface area contributed by atoms with E-state index in [1.165, 1.54) is 57.0 Å². The van der Waals surface area contributed by atoms with Gasteiger partial charge in [-0.05, 0) is 30.2 Å². The Balaban J connectivity index is 1.72. The summed E-state index contributed by atoms with van der Waals surface area (Å²) in [7, 11) is 1.36. The van der Waals surface area contributed by atoms with Gasteiger partial charge in [-0.15, -0.1) is 11.3 Å². The van der Waals surface area contributed by atoms with Gasteiger partial charge in [0.2, 0.25) is 5.13 Å². The van der Waals surface area contributed by atoms with Crippen LogP contribution in [0.1, 0.15) is 63.1 Å². The zero-order valence-corrected chi connectivity index (χ0v) is 19.2. The van der Waals surface area contributed by atoms with E-state index in [1.807, 2.05) is 18.2 Å². The van der Waals surface area contributed by atoms with Crippen molar-refractivity contribution in [1.29, 1.82) is 0 Å². The van der Waals surface area contributed by atoms with Crippen LogP contribution in [0, 0.1) is 0 Å². The van der Waals surface area contributed by atoms with Gasteiger partial charge < -0.3 is 9.47 Å². The van der Waals surface area contributed by atoms with E-state index in [0.29, 0.717) is 28.2 Å². The first-order valence-corrected chi connectivity index (χ1v) is 11.6. The molecular weight excluding hydrogens is 422 g/mol. The van der Waals surface area contributed by atoms with Gasteiger partial charge in [-0.3, -0.25) is 10.2 Å². The lowest BCUT2D eigenvalue weighted by Crippen LogP contribution is -2.04. The van der Waals surface area contributed by atoms with Crippen molar-refractivity contribution in [3.8, 4) is 5.75 Å². The van der Waals surface area contributed by atoms with Gasteiger partial charge >= 0.3 is 5.97 Å². The Hall–Kier alpha value is -2.12. The quantitative estimate of drug-likeness (QED) is 0.163. The Morgan fingerprint density at radius 2 is 2.00 bits per heavy atom. The van der Waals surface area contributed by atoms with E-state index in [1.54, 1.807) is 11.6 Å². The van der Waals surface area contributed by atoms with Crippen molar-refractivity contribution >= 4 is 40.3 Å². The molecule has 0 spiro atoms. The minimum absolute atomic E-state index is 0.147. The first-order chi connectivity index (χ1) is 14.6. The molecule has 1 N–H and O–H groups in total. The van der Waals surface area contributed by atoms with Crippen LogP contribution in [-0.2, 0) is 16.0 Å². The second-order valence-corrected chi connectivity index (χ2v) is 8.19. The van der Waals surface area contributed by atoms with Crippen LogP contribution in [0.15, 0.2) is 28.7 Å². The summed E-state index contributed by atoms with van der Waals surface area (Å²) in [6.07, 6.45) is 10.6. The summed E-state index contributed by atoms with van der Waals surface area (Å²) >= 11 is 7.70. The first kappa shape index (κ1) is 24.2. The minimum Gasteiger partial charge on any atom is -0.492 e. The number of hydrazone groups is 1. The Morgan fingerprint density at radius 3 is 2.73 bits per heavy atom. The Labute approximate surface area is 187 Å². The summed E-state index contributed by atoms with van der Waals surface area (Å²) in [4.78, 5) is 15.5. The third-order valence-corrected chi connectivity index (χ3v) is 5.53. The fraction of sp³-hybridized carbons (Fsp3) is 0.500. The number of hydrogen-bond acceptors (Lipinski definition) is 7. The molecule has 0 unspecified atom stereocenters. The predicted octanol–water partition coefficient (Wildman–Crippen LogP) is 6.09. The highest BCUT2D eigenvalue weighted by atomic mass is 35.5. The maximum Gasteiger partial charge on any atom is 0.311 e. The molecule has 164 valence electrons. The number of aromatic nitrogens is 1. The number of benzene rings is 1. The molecule has 1 aromatic carbocycles. The van der Waals surface area contributed by atoms with Gasteiger partial charge in [-0.25, -0.2) is 4.98 Å². The molecule has 0 fully saturated rings. The maximum atomic E-state index is 11.3. The second-order valence-electron chi connectivity index (χ2n) is 6.93. The van der Waals surface area contributed by atoms with Gasteiger partial charge in [0.25, 0.3) is 0 Å². The molecule has 0 saturated carbocycles. The van der Waals surface area contributed by atoms with Crippen molar-refractivity contribution in [1.82, 2.24) is 4.98 Å². The third kappa shape index (κ3) is 9.13. The lowest BCUT2D eigenvalue weighted by molar-refractivity contribution is -0.139. The van der Waals surface area contributed by atoms with E-state index < -0.39 is 0 Å². The number of nitrogens with one attached hydrogen (secondary N) is 1. The smallest absolute Gasteiger partial charge is 0.311 e. The third-order valence-electron chi connectivity index (χ3n) is 4.44. The van der Waals surface area contributed by atoms with Crippen molar-refractivity contribution in [2.24, 2.45) is 5.10 Å². The SMILES string of the molecule is CCCCCCCCCOc1ccc(/C=N\Nc2nc(CC(=O)OC)cs2)cc1Cl. The fourth-order valence-corrected chi connectivity index (χ4v) is 3.68. The molecule has 0 radical (unpaired) electrons. The number of rotatable bonds is 14. The minimum atomic E-state index is -0.320. The van der Waals surface area contributed by atoms with Gasteiger partial charge in [-0.2, -0.15) is 5.10 Å². The number of esters is 1. The zero-order chi connectivity index (χ0) is 21.6. The van der Waals surface area contributed by atoms with Crippen molar-refractivity contribution in [3.63, 3.8) is 0 Å². The number of carbonyl (C=O) groups excluding carboxylic acids is 1. The largest absolute Gasteiger partial charge is 0.492 e. The van der Waals surface area contributed by atoms with E-state index in [-0.39, 0.29) is 12.4 Å². The molecule has 1 aromatic heterocycles. The van der Waals surface area contributed by atoms with Crippen LogP contribution in [0.3, 0.4) is 0 Å². The summed E-state index contributed by atoms with van der Waals surface area (Å²) in [5.41, 5.74) is 4.35. The highest BCUT2D eigenvalue weighted by molar-refractivity contribution is 7.13. The fourth-order valence-electron chi connectivity index (χ4n) is 2.78. The number of carbonyl (C=O) groups is 1. The summed E-state index contributed by atoms with van der Waals surface area (Å²) in [5.74, 6) is 0.374. The first-order valence-electron chi connectivity index (χ1n) is 10.3. The molecule has 8 heteroatoms. The molecule has 2 aromatic rings. The van der Waals surface area contributed by atoms with Crippen LogP contribution in [0.4, 0.5) is 5.13 Å². The summed E-state index contributed by atoms with van der Waals surface area (Å²) in [5, 5.41) is 7.13. The molecule has 0 atom stereocenters. The Morgan fingerprint density at radius 1 is 1.23 bits per heavy atom. The summed E-state index contributed by atoms with van der Waals surface area (Å²) in [6.45, 7) is 2.91. The molecular formula is C22H30ClN3O3S. The topological polar surface area (TPSA) is 72.8 Å².